The summed E-state index contributed by atoms with van der Waals surface area (Å²) >= 11 is 0. The summed E-state index contributed by atoms with van der Waals surface area (Å²) in [5, 5.41) is 22.2. The zero-order chi connectivity index (χ0) is 23.2. The summed E-state index contributed by atoms with van der Waals surface area (Å²) in [6.07, 6.45) is 0. The molecule has 1 atom stereocenters. The monoisotopic (exact) mass is 443 g/mol. The summed E-state index contributed by atoms with van der Waals surface area (Å²) < 4.78 is 7.26. The van der Waals surface area contributed by atoms with Gasteiger partial charge in [-0.25, -0.2) is 5.10 Å². The van der Waals surface area contributed by atoms with Crippen LogP contribution in [0.1, 0.15) is 50.4 Å². The van der Waals surface area contributed by atoms with Crippen LogP contribution in [0.5, 0.6) is 5.75 Å². The molecule has 168 valence electrons. The van der Waals surface area contributed by atoms with Crippen molar-refractivity contribution in [3.05, 3.63) is 75.6 Å². The molecule has 0 radical (unpaired) electrons. The van der Waals surface area contributed by atoms with Crippen molar-refractivity contribution < 1.29 is 4.74 Å². The molecule has 2 N–H and O–H groups in total. The van der Waals surface area contributed by atoms with Gasteiger partial charge in [-0.05, 0) is 58.2 Å². The topological polar surface area (TPSA) is 111 Å². The van der Waals surface area contributed by atoms with Gasteiger partial charge < -0.3 is 10.1 Å². The molecule has 1 aliphatic heterocycles. The minimum Gasteiger partial charge on any atom is -0.494 e. The Morgan fingerprint density at radius 2 is 1.79 bits per heavy atom. The SMILES string of the molecule is CCOc1ccc(-c2n[nH]c(=O)c3c2[C@@H](c2ccc(C(C)(C)C)cc2)n2nnnc2N3)cc1. The van der Waals surface area contributed by atoms with E-state index in [0.29, 0.717) is 29.5 Å². The van der Waals surface area contributed by atoms with E-state index in [1.165, 1.54) is 5.56 Å². The number of aromatic amines is 1. The first-order chi connectivity index (χ1) is 15.9. The number of hydrogen-bond acceptors (Lipinski definition) is 7. The van der Waals surface area contributed by atoms with Crippen LogP contribution in [0, 0.1) is 0 Å². The lowest BCUT2D eigenvalue weighted by Crippen LogP contribution is -2.29. The Morgan fingerprint density at radius 3 is 2.45 bits per heavy atom. The Labute approximate surface area is 190 Å². The first-order valence-electron chi connectivity index (χ1n) is 10.9. The van der Waals surface area contributed by atoms with E-state index in [2.05, 4.69) is 76.1 Å². The first-order valence-corrected chi connectivity index (χ1v) is 10.9. The fourth-order valence-electron chi connectivity index (χ4n) is 4.11. The Bertz CT molecular complexity index is 1350. The maximum atomic E-state index is 12.8. The number of fused-ring (bicyclic) bond motifs is 2. The second-order valence-corrected chi connectivity index (χ2v) is 8.99. The third kappa shape index (κ3) is 3.65. The van der Waals surface area contributed by atoms with Crippen molar-refractivity contribution in [3.8, 4) is 17.0 Å². The fraction of sp³-hybridized carbons (Fsp3) is 0.292. The quantitative estimate of drug-likeness (QED) is 0.434. The molecule has 33 heavy (non-hydrogen) atoms. The molecule has 9 nitrogen and oxygen atoms in total. The smallest absolute Gasteiger partial charge is 0.288 e. The fourth-order valence-corrected chi connectivity index (χ4v) is 4.11. The van der Waals surface area contributed by atoms with Crippen LogP contribution in [0.3, 0.4) is 0 Å². The summed E-state index contributed by atoms with van der Waals surface area (Å²) in [6, 6.07) is 15.6. The summed E-state index contributed by atoms with van der Waals surface area (Å²) in [5.41, 5.74) is 4.47. The van der Waals surface area contributed by atoms with Crippen LogP contribution in [0.15, 0.2) is 53.3 Å². The van der Waals surface area contributed by atoms with Gasteiger partial charge in [0.1, 0.15) is 17.5 Å². The molecule has 0 bridgehead atoms. The predicted octanol–water partition coefficient (Wildman–Crippen LogP) is 3.81. The minimum atomic E-state index is -0.420. The van der Waals surface area contributed by atoms with E-state index in [0.717, 1.165) is 16.9 Å². The van der Waals surface area contributed by atoms with E-state index in [1.54, 1.807) is 4.68 Å². The van der Waals surface area contributed by atoms with Crippen molar-refractivity contribution in [1.82, 2.24) is 30.4 Å². The molecule has 0 saturated carbocycles. The van der Waals surface area contributed by atoms with Crippen LogP contribution in [0.4, 0.5) is 11.6 Å². The van der Waals surface area contributed by atoms with Gasteiger partial charge in [0.05, 0.1) is 12.3 Å². The average molecular weight is 444 g/mol. The van der Waals surface area contributed by atoms with Crippen LogP contribution in [0.2, 0.25) is 0 Å². The van der Waals surface area contributed by atoms with E-state index in [-0.39, 0.29) is 11.0 Å². The maximum absolute atomic E-state index is 12.8. The number of benzene rings is 2. The van der Waals surface area contributed by atoms with E-state index in [9.17, 15) is 4.79 Å². The molecule has 2 aromatic heterocycles. The summed E-state index contributed by atoms with van der Waals surface area (Å²) in [7, 11) is 0. The van der Waals surface area contributed by atoms with Gasteiger partial charge in [0.15, 0.2) is 0 Å². The molecule has 0 unspecified atom stereocenters. The van der Waals surface area contributed by atoms with Crippen molar-refractivity contribution in [3.63, 3.8) is 0 Å². The lowest BCUT2D eigenvalue weighted by Gasteiger charge is -2.28. The zero-order valence-electron chi connectivity index (χ0n) is 19.0. The number of H-pyrrole nitrogens is 1. The van der Waals surface area contributed by atoms with Gasteiger partial charge in [0.25, 0.3) is 5.56 Å². The van der Waals surface area contributed by atoms with Crippen molar-refractivity contribution >= 4 is 11.6 Å². The van der Waals surface area contributed by atoms with Gasteiger partial charge in [-0.1, -0.05) is 50.1 Å². The highest BCUT2D eigenvalue weighted by Gasteiger charge is 2.34. The standard InChI is InChI=1S/C24H25N7O2/c1-5-33-17-12-8-14(9-13-17)19-18-20(22(32)27-26-19)25-23-28-29-30-31(23)21(18)15-6-10-16(11-7-15)24(2,3)4/h6-13,21H,5H2,1-4H3,(H,27,32)(H,25,28,30)/t21-/m1/s1. The predicted molar refractivity (Wildman–Crippen MR) is 125 cm³/mol. The molecule has 2 aromatic carbocycles. The van der Waals surface area contributed by atoms with Crippen molar-refractivity contribution in [2.75, 3.05) is 11.9 Å². The van der Waals surface area contributed by atoms with Crippen molar-refractivity contribution in [2.45, 2.75) is 39.2 Å². The number of aromatic nitrogens is 6. The van der Waals surface area contributed by atoms with Crippen LogP contribution < -0.4 is 15.6 Å². The molecule has 0 fully saturated rings. The highest BCUT2D eigenvalue weighted by atomic mass is 16.5. The van der Waals surface area contributed by atoms with Gasteiger partial charge in [-0.2, -0.15) is 9.78 Å². The first kappa shape index (κ1) is 20.9. The van der Waals surface area contributed by atoms with E-state index >= 15 is 0 Å². The Hall–Kier alpha value is -4.01. The lowest BCUT2D eigenvalue weighted by atomic mass is 9.85. The Kier molecular flexibility index (Phi) is 4.96. The number of tetrazole rings is 1. The second kappa shape index (κ2) is 7.84. The third-order valence-corrected chi connectivity index (χ3v) is 5.80. The van der Waals surface area contributed by atoms with E-state index in [4.69, 9.17) is 4.74 Å². The summed E-state index contributed by atoms with van der Waals surface area (Å²) in [4.78, 5) is 12.8. The van der Waals surface area contributed by atoms with Gasteiger partial charge in [0, 0.05) is 11.1 Å². The molecular weight excluding hydrogens is 418 g/mol. The molecule has 3 heterocycles. The summed E-state index contributed by atoms with van der Waals surface area (Å²) in [5.74, 6) is 1.18. The van der Waals surface area contributed by atoms with E-state index < -0.39 is 6.04 Å². The molecule has 5 rings (SSSR count). The number of anilines is 2. The third-order valence-electron chi connectivity index (χ3n) is 5.80. The highest BCUT2D eigenvalue weighted by Crippen LogP contribution is 2.41. The normalized spacial score (nSPS) is 14.8. The maximum Gasteiger partial charge on any atom is 0.288 e. The largest absolute Gasteiger partial charge is 0.494 e. The minimum absolute atomic E-state index is 0.0245. The van der Waals surface area contributed by atoms with Gasteiger partial charge in [0.2, 0.25) is 5.95 Å². The van der Waals surface area contributed by atoms with Gasteiger partial charge >= 0.3 is 0 Å². The van der Waals surface area contributed by atoms with E-state index in [1.807, 2.05) is 31.2 Å². The molecule has 1 aliphatic rings. The molecule has 0 spiro atoms. The number of ether oxygens (including phenoxy) is 1. The van der Waals surface area contributed by atoms with Crippen LogP contribution in [-0.4, -0.2) is 37.0 Å². The molecule has 9 heteroatoms. The number of rotatable bonds is 4. The molecule has 4 aromatic rings. The van der Waals surface area contributed by atoms with Crippen LogP contribution in [-0.2, 0) is 5.41 Å². The van der Waals surface area contributed by atoms with Crippen molar-refractivity contribution in [1.29, 1.82) is 0 Å². The molecule has 0 saturated heterocycles. The van der Waals surface area contributed by atoms with Crippen molar-refractivity contribution in [2.24, 2.45) is 0 Å². The lowest BCUT2D eigenvalue weighted by molar-refractivity contribution is 0.340. The Balaban J connectivity index is 1.70. The zero-order valence-corrected chi connectivity index (χ0v) is 19.0. The Morgan fingerprint density at radius 1 is 1.06 bits per heavy atom. The second-order valence-electron chi connectivity index (χ2n) is 8.99. The molecule has 0 aliphatic carbocycles. The average Bonchev–Trinajstić information content (AvgIpc) is 3.27. The number of hydrogen-bond donors (Lipinski definition) is 2. The summed E-state index contributed by atoms with van der Waals surface area (Å²) in [6.45, 7) is 9.06. The van der Waals surface area contributed by atoms with Gasteiger partial charge in [-0.15, -0.1) is 0 Å². The number of nitrogens with one attached hydrogen (secondary N) is 2. The molecular formula is C24H25N7O2. The van der Waals surface area contributed by atoms with Crippen LogP contribution >= 0.6 is 0 Å². The molecule has 0 amide bonds. The van der Waals surface area contributed by atoms with Gasteiger partial charge in [-0.3, -0.25) is 4.79 Å². The highest BCUT2D eigenvalue weighted by molar-refractivity contribution is 5.75. The van der Waals surface area contributed by atoms with Crippen LogP contribution in [0.25, 0.3) is 11.3 Å². The number of nitrogens with zero attached hydrogens (tertiary/aromatic N) is 5.